The molecular weight excluding hydrogens is 378 g/mol. The molecule has 1 aliphatic carbocycles. The van der Waals surface area contributed by atoms with E-state index in [1.807, 2.05) is 6.20 Å². The van der Waals surface area contributed by atoms with Crippen molar-refractivity contribution in [2.75, 3.05) is 19.8 Å². The van der Waals surface area contributed by atoms with Crippen molar-refractivity contribution in [3.63, 3.8) is 0 Å². The third kappa shape index (κ3) is 5.44. The van der Waals surface area contributed by atoms with Crippen molar-refractivity contribution < 1.29 is 0 Å². The molecular formula is C18H29N7S2. The molecule has 0 bridgehead atoms. The van der Waals surface area contributed by atoms with Crippen LogP contribution in [0.4, 0.5) is 0 Å². The Balaban J connectivity index is 1.46. The molecule has 1 saturated carbocycles. The van der Waals surface area contributed by atoms with Gasteiger partial charge >= 0.3 is 0 Å². The molecule has 2 aromatic heterocycles. The van der Waals surface area contributed by atoms with Gasteiger partial charge in [0.1, 0.15) is 10.8 Å². The highest BCUT2D eigenvalue weighted by molar-refractivity contribution is 7.98. The van der Waals surface area contributed by atoms with Crippen molar-refractivity contribution in [3.8, 4) is 0 Å². The first-order valence-electron chi connectivity index (χ1n) is 9.55. The van der Waals surface area contributed by atoms with Gasteiger partial charge in [0.15, 0.2) is 11.1 Å². The Bertz CT molecular complexity index is 747. The zero-order valence-electron chi connectivity index (χ0n) is 16.4. The van der Waals surface area contributed by atoms with Crippen molar-refractivity contribution in [2.45, 2.75) is 63.2 Å². The number of thiazole rings is 1. The third-order valence-corrected chi connectivity index (χ3v) is 6.33. The second kappa shape index (κ2) is 10.1. The number of hydrogen-bond donors (Lipinski definition) is 2. The molecule has 1 aliphatic rings. The topological polar surface area (TPSA) is 80.0 Å². The van der Waals surface area contributed by atoms with Crippen LogP contribution in [-0.2, 0) is 13.0 Å². The Morgan fingerprint density at radius 2 is 2.15 bits per heavy atom. The lowest BCUT2D eigenvalue weighted by atomic mass is 10.2. The molecule has 0 radical (unpaired) electrons. The van der Waals surface area contributed by atoms with Crippen LogP contribution >= 0.6 is 23.1 Å². The molecule has 1 fully saturated rings. The Morgan fingerprint density at radius 3 is 2.81 bits per heavy atom. The fourth-order valence-electron chi connectivity index (χ4n) is 3.46. The van der Waals surface area contributed by atoms with E-state index in [0.717, 1.165) is 41.3 Å². The van der Waals surface area contributed by atoms with E-state index in [9.17, 15) is 0 Å². The summed E-state index contributed by atoms with van der Waals surface area (Å²) in [5.41, 5.74) is 0. The summed E-state index contributed by atoms with van der Waals surface area (Å²) in [5, 5.41) is 17.7. The molecule has 148 valence electrons. The van der Waals surface area contributed by atoms with E-state index in [4.69, 9.17) is 0 Å². The van der Waals surface area contributed by atoms with Crippen molar-refractivity contribution in [2.24, 2.45) is 4.99 Å². The van der Waals surface area contributed by atoms with Crippen molar-refractivity contribution in [1.82, 2.24) is 30.4 Å². The summed E-state index contributed by atoms with van der Waals surface area (Å²) in [6.45, 7) is 3.62. The fraction of sp³-hybridized carbons (Fsp3) is 0.667. The molecule has 0 amide bonds. The molecule has 0 saturated heterocycles. The van der Waals surface area contributed by atoms with Crippen molar-refractivity contribution in [1.29, 1.82) is 0 Å². The minimum absolute atomic E-state index is 0.585. The maximum atomic E-state index is 4.46. The first-order valence-corrected chi connectivity index (χ1v) is 11.6. The summed E-state index contributed by atoms with van der Waals surface area (Å²) in [4.78, 5) is 9.88. The minimum Gasteiger partial charge on any atom is -0.356 e. The molecule has 0 aromatic carbocycles. The number of guanidine groups is 1. The van der Waals surface area contributed by atoms with Gasteiger partial charge in [-0.3, -0.25) is 4.99 Å². The summed E-state index contributed by atoms with van der Waals surface area (Å²) >= 11 is 3.40. The molecule has 2 aromatic rings. The lowest BCUT2D eigenvalue weighted by Gasteiger charge is -2.16. The summed E-state index contributed by atoms with van der Waals surface area (Å²) in [6, 6.07) is 0.585. The van der Waals surface area contributed by atoms with Crippen LogP contribution in [0.3, 0.4) is 0 Å². The summed E-state index contributed by atoms with van der Waals surface area (Å²) in [5.74, 6) is 1.93. The van der Waals surface area contributed by atoms with Gasteiger partial charge in [-0.1, -0.05) is 24.6 Å². The van der Waals surface area contributed by atoms with E-state index < -0.39 is 0 Å². The molecule has 0 unspecified atom stereocenters. The number of rotatable bonds is 8. The highest BCUT2D eigenvalue weighted by Gasteiger charge is 2.23. The Hall–Kier alpha value is -1.61. The Labute approximate surface area is 169 Å². The number of aryl methyl sites for hydroxylation is 2. The van der Waals surface area contributed by atoms with Gasteiger partial charge in [-0.15, -0.1) is 21.5 Å². The zero-order valence-corrected chi connectivity index (χ0v) is 18.0. The van der Waals surface area contributed by atoms with Gasteiger partial charge in [0, 0.05) is 37.1 Å². The molecule has 3 rings (SSSR count). The summed E-state index contributed by atoms with van der Waals surface area (Å²) in [6.07, 6.45) is 11.1. The van der Waals surface area contributed by atoms with Gasteiger partial charge in [0.05, 0.1) is 6.54 Å². The average Bonchev–Trinajstić information content (AvgIpc) is 3.41. The van der Waals surface area contributed by atoms with E-state index in [2.05, 4.69) is 48.6 Å². The highest BCUT2D eigenvalue weighted by atomic mass is 32.2. The first-order chi connectivity index (χ1) is 13.2. The van der Waals surface area contributed by atoms with Crippen LogP contribution < -0.4 is 10.6 Å². The largest absolute Gasteiger partial charge is 0.356 e. The second-order valence-corrected chi connectivity index (χ2v) is 8.82. The van der Waals surface area contributed by atoms with Crippen LogP contribution in [0.2, 0.25) is 0 Å². The Morgan fingerprint density at radius 1 is 1.33 bits per heavy atom. The molecule has 2 N–H and O–H groups in total. The number of thioether (sulfide) groups is 1. The number of aromatic nitrogens is 4. The molecule has 27 heavy (non-hydrogen) atoms. The van der Waals surface area contributed by atoms with E-state index in [0.29, 0.717) is 12.6 Å². The molecule has 2 heterocycles. The zero-order chi connectivity index (χ0) is 19.1. The monoisotopic (exact) mass is 407 g/mol. The van der Waals surface area contributed by atoms with Crippen LogP contribution in [-0.4, -0.2) is 45.6 Å². The fourth-order valence-corrected chi connectivity index (χ4v) is 4.76. The molecule has 9 heteroatoms. The maximum Gasteiger partial charge on any atom is 0.191 e. The van der Waals surface area contributed by atoms with Gasteiger partial charge in [0.2, 0.25) is 0 Å². The average molecular weight is 408 g/mol. The third-order valence-electron chi connectivity index (χ3n) is 4.78. The standard InChI is InChI=1S/C18H29N7S2/c1-13-11-21-16(27-13)12-22-17(19-2)20-10-6-9-15-23-24-18(26-3)25(15)14-7-4-5-8-14/h11,14H,4-10,12H2,1-3H3,(H2,19,20,22). The Kier molecular flexibility index (Phi) is 7.51. The van der Waals surface area contributed by atoms with E-state index in [1.165, 1.54) is 30.6 Å². The lowest BCUT2D eigenvalue weighted by molar-refractivity contribution is 0.460. The highest BCUT2D eigenvalue weighted by Crippen LogP contribution is 2.33. The number of nitrogens with one attached hydrogen (secondary N) is 2. The molecule has 0 spiro atoms. The van der Waals surface area contributed by atoms with Gasteiger partial charge in [0.25, 0.3) is 0 Å². The van der Waals surface area contributed by atoms with Gasteiger partial charge in [-0.25, -0.2) is 4.98 Å². The van der Waals surface area contributed by atoms with Crippen LogP contribution in [0.25, 0.3) is 0 Å². The summed E-state index contributed by atoms with van der Waals surface area (Å²) in [7, 11) is 1.80. The van der Waals surface area contributed by atoms with E-state index in [-0.39, 0.29) is 0 Å². The summed E-state index contributed by atoms with van der Waals surface area (Å²) < 4.78 is 2.38. The maximum absolute atomic E-state index is 4.46. The van der Waals surface area contributed by atoms with Crippen LogP contribution in [0.15, 0.2) is 16.3 Å². The predicted octanol–water partition coefficient (Wildman–Crippen LogP) is 3.18. The van der Waals surface area contributed by atoms with Gasteiger partial charge in [-0.05, 0) is 32.4 Å². The van der Waals surface area contributed by atoms with Crippen molar-refractivity contribution in [3.05, 3.63) is 21.9 Å². The smallest absolute Gasteiger partial charge is 0.191 e. The molecule has 0 atom stereocenters. The lowest BCUT2D eigenvalue weighted by Crippen LogP contribution is -2.37. The molecule has 7 nitrogen and oxygen atoms in total. The predicted molar refractivity (Wildman–Crippen MR) is 113 cm³/mol. The van der Waals surface area contributed by atoms with E-state index in [1.54, 1.807) is 30.1 Å². The van der Waals surface area contributed by atoms with Crippen LogP contribution in [0, 0.1) is 6.92 Å². The number of nitrogens with zero attached hydrogens (tertiary/aromatic N) is 5. The number of aliphatic imine (C=N–C) groups is 1. The second-order valence-electron chi connectivity index (χ2n) is 6.73. The van der Waals surface area contributed by atoms with Crippen LogP contribution in [0.5, 0.6) is 0 Å². The van der Waals surface area contributed by atoms with Crippen LogP contribution in [0.1, 0.15) is 53.9 Å². The quantitative estimate of drug-likeness (QED) is 0.303. The SMILES string of the molecule is CN=C(NCCCc1nnc(SC)n1C1CCCC1)NCc1ncc(C)s1. The van der Waals surface area contributed by atoms with Gasteiger partial charge < -0.3 is 15.2 Å². The minimum atomic E-state index is 0.585. The van der Waals surface area contributed by atoms with Gasteiger partial charge in [-0.2, -0.15) is 0 Å². The first kappa shape index (κ1) is 20.1. The van der Waals surface area contributed by atoms with Crippen molar-refractivity contribution >= 4 is 29.1 Å². The normalized spacial score (nSPS) is 15.4. The molecule has 0 aliphatic heterocycles. The van der Waals surface area contributed by atoms with E-state index >= 15 is 0 Å². The number of hydrogen-bond acceptors (Lipinski definition) is 6.